The van der Waals surface area contributed by atoms with E-state index in [1.807, 2.05) is 6.92 Å². The fourth-order valence-corrected chi connectivity index (χ4v) is 2.51. The van der Waals surface area contributed by atoms with Crippen LogP contribution >= 0.6 is 10.7 Å². The van der Waals surface area contributed by atoms with E-state index in [0.29, 0.717) is 0 Å². The molecule has 0 aromatic rings. The molecule has 1 saturated carbocycles. The summed E-state index contributed by atoms with van der Waals surface area (Å²) in [4.78, 5) is 0. The molecule has 1 fully saturated rings. The third kappa shape index (κ3) is 1.14. The standard InChI is InChI=1S/C4H7ClO2S/c1-3-2-4(3)8(5,6)7/h3-4H,2H2,1H3/t3-,4?/m1/s1. The van der Waals surface area contributed by atoms with Crippen molar-refractivity contribution in [1.82, 2.24) is 0 Å². The molecule has 0 radical (unpaired) electrons. The van der Waals surface area contributed by atoms with E-state index >= 15 is 0 Å². The molecule has 8 heavy (non-hydrogen) atoms. The van der Waals surface area contributed by atoms with Crippen LogP contribution < -0.4 is 0 Å². The van der Waals surface area contributed by atoms with E-state index in [-0.39, 0.29) is 11.2 Å². The third-order valence-electron chi connectivity index (χ3n) is 1.40. The first-order valence-electron chi connectivity index (χ1n) is 2.45. The van der Waals surface area contributed by atoms with Gasteiger partial charge >= 0.3 is 0 Å². The molecule has 0 aromatic heterocycles. The highest BCUT2D eigenvalue weighted by Crippen LogP contribution is 2.38. The van der Waals surface area contributed by atoms with Gasteiger partial charge in [-0.25, -0.2) is 8.42 Å². The van der Waals surface area contributed by atoms with Gasteiger partial charge in [0, 0.05) is 10.7 Å². The SMILES string of the molecule is C[C@@H]1CC1S(=O)(=O)Cl. The lowest BCUT2D eigenvalue weighted by Crippen LogP contribution is -1.97. The molecule has 1 aliphatic carbocycles. The summed E-state index contributed by atoms with van der Waals surface area (Å²) in [6.45, 7) is 1.88. The molecule has 48 valence electrons. The Kier molecular flexibility index (Phi) is 1.28. The molecule has 0 bridgehead atoms. The van der Waals surface area contributed by atoms with E-state index in [1.54, 1.807) is 0 Å². The van der Waals surface area contributed by atoms with Crippen molar-refractivity contribution in [3.63, 3.8) is 0 Å². The molecule has 0 aliphatic heterocycles. The van der Waals surface area contributed by atoms with Gasteiger partial charge in [-0.3, -0.25) is 0 Å². The molecule has 2 nitrogen and oxygen atoms in total. The lowest BCUT2D eigenvalue weighted by molar-refractivity contribution is 0.606. The number of hydrogen-bond donors (Lipinski definition) is 0. The molecular formula is C4H7ClO2S. The van der Waals surface area contributed by atoms with Crippen LogP contribution in [0.3, 0.4) is 0 Å². The van der Waals surface area contributed by atoms with Crippen molar-refractivity contribution < 1.29 is 8.42 Å². The van der Waals surface area contributed by atoms with Crippen molar-refractivity contribution in [2.24, 2.45) is 5.92 Å². The molecule has 0 amide bonds. The van der Waals surface area contributed by atoms with Crippen LogP contribution in [-0.2, 0) is 9.05 Å². The lowest BCUT2D eigenvalue weighted by Gasteiger charge is -1.84. The molecule has 1 rings (SSSR count). The van der Waals surface area contributed by atoms with Crippen molar-refractivity contribution in [2.45, 2.75) is 18.6 Å². The summed E-state index contributed by atoms with van der Waals surface area (Å²) < 4.78 is 20.7. The van der Waals surface area contributed by atoms with Crippen LogP contribution in [0.15, 0.2) is 0 Å². The molecular weight excluding hydrogens is 148 g/mol. The second-order valence-electron chi connectivity index (χ2n) is 2.23. The summed E-state index contributed by atoms with van der Waals surface area (Å²) in [5, 5.41) is -0.246. The molecule has 0 aromatic carbocycles. The lowest BCUT2D eigenvalue weighted by atomic mass is 10.5. The molecule has 0 heterocycles. The van der Waals surface area contributed by atoms with Crippen molar-refractivity contribution in [3.05, 3.63) is 0 Å². The smallest absolute Gasteiger partial charge is 0.212 e. The van der Waals surface area contributed by atoms with Crippen LogP contribution in [0.1, 0.15) is 13.3 Å². The first-order chi connectivity index (χ1) is 3.52. The topological polar surface area (TPSA) is 34.1 Å². The predicted octanol–water partition coefficient (Wildman–Crippen LogP) is 0.963. The van der Waals surface area contributed by atoms with E-state index in [9.17, 15) is 8.42 Å². The van der Waals surface area contributed by atoms with Crippen molar-refractivity contribution in [1.29, 1.82) is 0 Å². The fourth-order valence-electron chi connectivity index (χ4n) is 0.680. The summed E-state index contributed by atoms with van der Waals surface area (Å²) in [7, 11) is 1.79. The van der Waals surface area contributed by atoms with E-state index in [2.05, 4.69) is 0 Å². The molecule has 0 N–H and O–H groups in total. The Balaban J connectivity index is 2.66. The minimum absolute atomic E-state index is 0.246. The van der Waals surface area contributed by atoms with Crippen LogP contribution in [0.5, 0.6) is 0 Å². The predicted molar refractivity (Wildman–Crippen MR) is 32.3 cm³/mol. The Morgan fingerprint density at radius 1 is 1.62 bits per heavy atom. The summed E-state index contributed by atoms with van der Waals surface area (Å²) in [6, 6.07) is 0. The van der Waals surface area contributed by atoms with Gasteiger partial charge < -0.3 is 0 Å². The zero-order valence-electron chi connectivity index (χ0n) is 4.46. The summed E-state index contributed by atoms with van der Waals surface area (Å²) in [5.74, 6) is 0.289. The molecule has 4 heteroatoms. The van der Waals surface area contributed by atoms with Crippen molar-refractivity contribution in [2.75, 3.05) is 0 Å². The second-order valence-corrected chi connectivity index (χ2v) is 5.07. The highest BCUT2D eigenvalue weighted by atomic mass is 35.7. The first kappa shape index (κ1) is 6.36. The quantitative estimate of drug-likeness (QED) is 0.528. The van der Waals surface area contributed by atoms with E-state index in [1.165, 1.54) is 0 Å². The van der Waals surface area contributed by atoms with Crippen LogP contribution in [0, 0.1) is 5.92 Å². The van der Waals surface area contributed by atoms with E-state index in [4.69, 9.17) is 10.7 Å². The number of hydrogen-bond acceptors (Lipinski definition) is 2. The average Bonchev–Trinajstić information content (AvgIpc) is 2.13. The second kappa shape index (κ2) is 1.61. The maximum Gasteiger partial charge on any atom is 0.235 e. The zero-order valence-corrected chi connectivity index (χ0v) is 6.04. The Labute approximate surface area is 53.3 Å². The monoisotopic (exact) mass is 154 g/mol. The largest absolute Gasteiger partial charge is 0.235 e. The van der Waals surface area contributed by atoms with Gasteiger partial charge in [0.25, 0.3) is 0 Å². The van der Waals surface area contributed by atoms with Gasteiger partial charge in [-0.15, -0.1) is 0 Å². The highest BCUT2D eigenvalue weighted by molar-refractivity contribution is 8.14. The van der Waals surface area contributed by atoms with E-state index < -0.39 is 9.05 Å². The van der Waals surface area contributed by atoms with Gasteiger partial charge in [-0.1, -0.05) is 6.92 Å². The number of halogens is 1. The molecule has 0 spiro atoms. The minimum Gasteiger partial charge on any atom is -0.212 e. The third-order valence-corrected chi connectivity index (χ3v) is 3.46. The summed E-state index contributed by atoms with van der Waals surface area (Å²) in [6.07, 6.45) is 0.742. The van der Waals surface area contributed by atoms with E-state index in [0.717, 1.165) is 6.42 Å². The van der Waals surface area contributed by atoms with Crippen molar-refractivity contribution >= 4 is 19.7 Å². The Morgan fingerprint density at radius 2 is 2.00 bits per heavy atom. The first-order valence-corrected chi connectivity index (χ1v) is 4.82. The van der Waals surface area contributed by atoms with Gasteiger partial charge in [0.15, 0.2) is 0 Å². The maximum atomic E-state index is 10.4. The summed E-state index contributed by atoms with van der Waals surface area (Å²) >= 11 is 0. The van der Waals surface area contributed by atoms with Crippen LogP contribution in [0.25, 0.3) is 0 Å². The highest BCUT2D eigenvalue weighted by Gasteiger charge is 2.42. The Bertz CT molecular complexity index is 184. The summed E-state index contributed by atoms with van der Waals surface area (Å²) in [5.41, 5.74) is 0. The van der Waals surface area contributed by atoms with Gasteiger partial charge in [0.2, 0.25) is 9.05 Å². The maximum absolute atomic E-state index is 10.4. The van der Waals surface area contributed by atoms with Crippen LogP contribution in [-0.4, -0.2) is 13.7 Å². The molecule has 0 saturated heterocycles. The Hall–Kier alpha value is 0.240. The Morgan fingerprint density at radius 3 is 2.00 bits per heavy atom. The van der Waals surface area contributed by atoms with Gasteiger partial charge in [-0.05, 0) is 12.3 Å². The molecule has 1 unspecified atom stereocenters. The molecule has 1 aliphatic rings. The van der Waals surface area contributed by atoms with Gasteiger partial charge in [0.05, 0.1) is 5.25 Å². The van der Waals surface area contributed by atoms with Crippen molar-refractivity contribution in [3.8, 4) is 0 Å². The minimum atomic E-state index is -3.21. The van der Waals surface area contributed by atoms with Crippen LogP contribution in [0.2, 0.25) is 0 Å². The number of rotatable bonds is 1. The van der Waals surface area contributed by atoms with Gasteiger partial charge in [0.1, 0.15) is 0 Å². The molecule has 2 atom stereocenters. The normalized spacial score (nSPS) is 37.2. The average molecular weight is 155 g/mol. The van der Waals surface area contributed by atoms with Gasteiger partial charge in [-0.2, -0.15) is 0 Å². The van der Waals surface area contributed by atoms with Crippen LogP contribution in [0.4, 0.5) is 0 Å². The fraction of sp³-hybridized carbons (Fsp3) is 1.00. The zero-order chi connectivity index (χ0) is 6.36.